The Labute approximate surface area is 124 Å². The second kappa shape index (κ2) is 5.76. The lowest BCUT2D eigenvalue weighted by Crippen LogP contribution is -2.15. The van der Waals surface area contributed by atoms with Crippen LogP contribution in [0.1, 0.15) is 0 Å². The van der Waals surface area contributed by atoms with Crippen LogP contribution in [0.2, 0.25) is 0 Å². The van der Waals surface area contributed by atoms with Gasteiger partial charge in [-0.15, -0.1) is 0 Å². The van der Waals surface area contributed by atoms with Gasteiger partial charge < -0.3 is 4.74 Å². The molecule has 106 valence electrons. The lowest BCUT2D eigenvalue weighted by atomic mass is 10.4. The number of rotatable bonds is 4. The minimum absolute atomic E-state index is 0.0908. The molecule has 0 saturated heterocycles. The highest BCUT2D eigenvalue weighted by Crippen LogP contribution is 2.27. The fourth-order valence-corrected chi connectivity index (χ4v) is 2.98. The third kappa shape index (κ3) is 3.07. The molecule has 5 nitrogen and oxygen atoms in total. The molecule has 0 atom stereocenters. The monoisotopic (exact) mass is 360 g/mol. The standard InChI is InChI=1S/C12H10BrFN2O3S/c1-19-12-10(6-8(13)7-15-12)16-20(17,18)11-5-3-2-4-9(11)14/h2-7,16H,1H3. The second-order valence-corrected chi connectivity index (χ2v) is 6.31. The molecular weight excluding hydrogens is 351 g/mol. The van der Waals surface area contributed by atoms with Gasteiger partial charge in [0, 0.05) is 10.7 Å². The summed E-state index contributed by atoms with van der Waals surface area (Å²) in [7, 11) is -2.70. The van der Waals surface area contributed by atoms with E-state index < -0.39 is 20.7 Å². The second-order valence-electron chi connectivity index (χ2n) is 3.75. The Hall–Kier alpha value is -1.67. The number of halogens is 2. The van der Waals surface area contributed by atoms with Crippen molar-refractivity contribution in [2.75, 3.05) is 11.8 Å². The summed E-state index contributed by atoms with van der Waals surface area (Å²) in [5.74, 6) is -0.741. The Balaban J connectivity index is 2.44. The molecule has 0 bridgehead atoms. The summed E-state index contributed by atoms with van der Waals surface area (Å²) in [6, 6.07) is 6.58. The first-order chi connectivity index (χ1) is 9.44. The number of hydrogen-bond acceptors (Lipinski definition) is 4. The molecule has 2 aromatic rings. The number of aromatic nitrogens is 1. The van der Waals surface area contributed by atoms with Gasteiger partial charge in [-0.3, -0.25) is 4.72 Å². The van der Waals surface area contributed by atoms with E-state index >= 15 is 0 Å². The number of ether oxygens (including phenoxy) is 1. The average Bonchev–Trinajstić information content (AvgIpc) is 2.39. The third-order valence-electron chi connectivity index (χ3n) is 2.38. The summed E-state index contributed by atoms with van der Waals surface area (Å²) < 4.78 is 45.6. The van der Waals surface area contributed by atoms with Gasteiger partial charge in [0.15, 0.2) is 0 Å². The van der Waals surface area contributed by atoms with Crippen LogP contribution in [0.4, 0.5) is 10.1 Å². The van der Waals surface area contributed by atoms with Crippen LogP contribution >= 0.6 is 15.9 Å². The van der Waals surface area contributed by atoms with Crippen molar-refractivity contribution in [3.8, 4) is 5.88 Å². The predicted octanol–water partition coefficient (Wildman–Crippen LogP) is 2.79. The first kappa shape index (κ1) is 14.7. The van der Waals surface area contributed by atoms with Crippen LogP contribution in [-0.2, 0) is 10.0 Å². The number of sulfonamides is 1. The van der Waals surface area contributed by atoms with Crippen LogP contribution < -0.4 is 9.46 Å². The first-order valence-corrected chi connectivity index (χ1v) is 7.68. The molecule has 2 rings (SSSR count). The zero-order valence-corrected chi connectivity index (χ0v) is 12.7. The van der Waals surface area contributed by atoms with Crippen molar-refractivity contribution >= 4 is 31.6 Å². The maximum atomic E-state index is 13.6. The largest absolute Gasteiger partial charge is 0.479 e. The molecule has 0 aliphatic heterocycles. The lowest BCUT2D eigenvalue weighted by molar-refractivity contribution is 0.400. The van der Waals surface area contributed by atoms with Crippen molar-refractivity contribution in [2.45, 2.75) is 4.90 Å². The number of methoxy groups -OCH3 is 1. The van der Waals surface area contributed by atoms with Crippen LogP contribution in [0, 0.1) is 5.82 Å². The molecule has 1 heterocycles. The molecule has 1 aromatic heterocycles. The van der Waals surface area contributed by atoms with Crippen molar-refractivity contribution < 1.29 is 17.5 Å². The van der Waals surface area contributed by atoms with E-state index in [0.717, 1.165) is 6.07 Å². The van der Waals surface area contributed by atoms with E-state index in [0.29, 0.717) is 4.47 Å². The minimum atomic E-state index is -4.06. The Morgan fingerprint density at radius 2 is 2.05 bits per heavy atom. The SMILES string of the molecule is COc1ncc(Br)cc1NS(=O)(=O)c1ccccc1F. The van der Waals surface area contributed by atoms with E-state index in [2.05, 4.69) is 25.6 Å². The Morgan fingerprint density at radius 1 is 1.35 bits per heavy atom. The normalized spacial score (nSPS) is 11.2. The maximum Gasteiger partial charge on any atom is 0.264 e. The summed E-state index contributed by atoms with van der Waals surface area (Å²) in [5.41, 5.74) is 0.116. The Kier molecular flexibility index (Phi) is 4.24. The van der Waals surface area contributed by atoms with E-state index in [9.17, 15) is 12.8 Å². The Morgan fingerprint density at radius 3 is 2.70 bits per heavy atom. The molecular formula is C12H10BrFN2O3S. The van der Waals surface area contributed by atoms with Gasteiger partial charge in [0.2, 0.25) is 5.88 Å². The highest BCUT2D eigenvalue weighted by Gasteiger charge is 2.20. The van der Waals surface area contributed by atoms with Crippen molar-refractivity contribution in [3.63, 3.8) is 0 Å². The van der Waals surface area contributed by atoms with Crippen LogP contribution in [0.25, 0.3) is 0 Å². The highest BCUT2D eigenvalue weighted by molar-refractivity contribution is 9.10. The van der Waals surface area contributed by atoms with Gasteiger partial charge in [0.25, 0.3) is 10.0 Å². The van der Waals surface area contributed by atoms with Crippen molar-refractivity contribution in [3.05, 3.63) is 46.8 Å². The van der Waals surface area contributed by atoms with Gasteiger partial charge in [-0.25, -0.2) is 17.8 Å². The van der Waals surface area contributed by atoms with Crippen molar-refractivity contribution in [1.29, 1.82) is 0 Å². The summed E-state index contributed by atoms with van der Waals surface area (Å²) in [5, 5.41) is 0. The number of hydrogen-bond donors (Lipinski definition) is 1. The van der Waals surface area contributed by atoms with E-state index in [1.165, 1.54) is 37.6 Å². The summed E-state index contributed by atoms with van der Waals surface area (Å²) in [6.45, 7) is 0. The fraction of sp³-hybridized carbons (Fsp3) is 0.0833. The number of benzene rings is 1. The molecule has 0 aliphatic carbocycles. The van der Waals surface area contributed by atoms with E-state index in [1.807, 2.05) is 0 Å². The highest BCUT2D eigenvalue weighted by atomic mass is 79.9. The average molecular weight is 361 g/mol. The molecule has 1 N–H and O–H groups in total. The maximum absolute atomic E-state index is 13.6. The van der Waals surface area contributed by atoms with E-state index in [4.69, 9.17) is 4.74 Å². The summed E-state index contributed by atoms with van der Waals surface area (Å²) in [6.07, 6.45) is 1.46. The first-order valence-electron chi connectivity index (χ1n) is 5.41. The third-order valence-corrected chi connectivity index (χ3v) is 4.21. The topological polar surface area (TPSA) is 68.3 Å². The van der Waals surface area contributed by atoms with Crippen molar-refractivity contribution in [2.24, 2.45) is 0 Å². The Bertz CT molecular complexity index is 737. The molecule has 20 heavy (non-hydrogen) atoms. The minimum Gasteiger partial charge on any atom is -0.479 e. The molecule has 0 aliphatic rings. The molecule has 1 aromatic carbocycles. The van der Waals surface area contributed by atoms with Gasteiger partial charge in [-0.2, -0.15) is 0 Å². The predicted molar refractivity (Wildman–Crippen MR) is 75.7 cm³/mol. The van der Waals surface area contributed by atoms with Gasteiger partial charge in [-0.05, 0) is 34.1 Å². The van der Waals surface area contributed by atoms with Crippen molar-refractivity contribution in [1.82, 2.24) is 4.98 Å². The molecule has 8 heteroatoms. The smallest absolute Gasteiger partial charge is 0.264 e. The molecule has 0 amide bonds. The number of nitrogens with one attached hydrogen (secondary N) is 1. The molecule has 0 unspecified atom stereocenters. The molecule has 0 fully saturated rings. The van der Waals surface area contributed by atoms with Gasteiger partial charge in [0.1, 0.15) is 16.4 Å². The zero-order valence-electron chi connectivity index (χ0n) is 10.3. The summed E-state index contributed by atoms with van der Waals surface area (Å²) >= 11 is 3.18. The van der Waals surface area contributed by atoms with Gasteiger partial charge in [0.05, 0.1) is 7.11 Å². The van der Waals surface area contributed by atoms with Gasteiger partial charge >= 0.3 is 0 Å². The molecule has 0 radical (unpaired) electrons. The number of nitrogens with zero attached hydrogens (tertiary/aromatic N) is 1. The fourth-order valence-electron chi connectivity index (χ4n) is 1.52. The molecule has 0 spiro atoms. The zero-order chi connectivity index (χ0) is 14.8. The quantitative estimate of drug-likeness (QED) is 0.909. The van der Waals surface area contributed by atoms with Crippen LogP contribution in [0.5, 0.6) is 5.88 Å². The van der Waals surface area contributed by atoms with Gasteiger partial charge in [-0.1, -0.05) is 12.1 Å². The van der Waals surface area contributed by atoms with E-state index in [-0.39, 0.29) is 11.6 Å². The number of anilines is 1. The molecule has 0 saturated carbocycles. The van der Waals surface area contributed by atoms with E-state index in [1.54, 1.807) is 0 Å². The number of pyridine rings is 1. The van der Waals surface area contributed by atoms with Crippen LogP contribution in [0.3, 0.4) is 0 Å². The lowest BCUT2D eigenvalue weighted by Gasteiger charge is -2.11. The van der Waals surface area contributed by atoms with Crippen LogP contribution in [-0.4, -0.2) is 20.5 Å². The van der Waals surface area contributed by atoms with Crippen LogP contribution in [0.15, 0.2) is 45.9 Å². The summed E-state index contributed by atoms with van der Waals surface area (Å²) in [4.78, 5) is 3.46.